The third-order valence-corrected chi connectivity index (χ3v) is 4.98. The number of fused-ring (bicyclic) bond motifs is 1. The number of aromatic nitrogens is 2. The van der Waals surface area contributed by atoms with Gasteiger partial charge in [0.15, 0.2) is 11.5 Å². The number of hydrogen-bond donors (Lipinski definition) is 1. The molecular formula is C21H19ClN4O2. The first-order valence-electron chi connectivity index (χ1n) is 8.94. The predicted molar refractivity (Wildman–Crippen MR) is 109 cm³/mol. The zero-order valence-electron chi connectivity index (χ0n) is 15.4. The number of hydrogen-bond acceptors (Lipinski definition) is 5. The molecule has 0 fully saturated rings. The SMILES string of the molecule is COc1ccc(Cl)cc1NC(=O)c1ccc(N2CCc3ccccc3C2)nn1. The zero-order valence-corrected chi connectivity index (χ0v) is 16.1. The van der Waals surface area contributed by atoms with Gasteiger partial charge in [-0.2, -0.15) is 0 Å². The highest BCUT2D eigenvalue weighted by molar-refractivity contribution is 6.31. The summed E-state index contributed by atoms with van der Waals surface area (Å²) in [6.07, 6.45) is 0.967. The molecule has 0 spiro atoms. The Kier molecular flexibility index (Phi) is 5.12. The van der Waals surface area contributed by atoms with Crippen LogP contribution in [0, 0.1) is 0 Å². The van der Waals surface area contributed by atoms with Crippen LogP contribution < -0.4 is 15.0 Å². The fraction of sp³-hybridized carbons (Fsp3) is 0.190. The van der Waals surface area contributed by atoms with E-state index in [2.05, 4.69) is 38.6 Å². The third-order valence-electron chi connectivity index (χ3n) is 4.75. The van der Waals surface area contributed by atoms with Crippen LogP contribution in [0.1, 0.15) is 21.6 Å². The number of rotatable bonds is 4. The van der Waals surface area contributed by atoms with Gasteiger partial charge in [0, 0.05) is 18.1 Å². The van der Waals surface area contributed by atoms with Crippen LogP contribution in [-0.2, 0) is 13.0 Å². The first kappa shape index (κ1) is 18.3. The molecule has 142 valence electrons. The third kappa shape index (κ3) is 3.77. The Hall–Kier alpha value is -3.12. The lowest BCUT2D eigenvalue weighted by Gasteiger charge is -2.29. The normalized spacial score (nSPS) is 13.0. The molecule has 7 heteroatoms. The maximum Gasteiger partial charge on any atom is 0.276 e. The summed E-state index contributed by atoms with van der Waals surface area (Å²) in [4.78, 5) is 14.7. The molecule has 0 saturated heterocycles. The number of methoxy groups -OCH3 is 1. The van der Waals surface area contributed by atoms with Gasteiger partial charge in [0.05, 0.1) is 12.8 Å². The first-order valence-corrected chi connectivity index (χ1v) is 9.32. The van der Waals surface area contributed by atoms with E-state index >= 15 is 0 Å². The largest absolute Gasteiger partial charge is 0.495 e. The Morgan fingerprint density at radius 1 is 1.11 bits per heavy atom. The van der Waals surface area contributed by atoms with Crippen molar-refractivity contribution in [2.75, 3.05) is 23.9 Å². The van der Waals surface area contributed by atoms with Gasteiger partial charge in [-0.3, -0.25) is 4.79 Å². The molecule has 0 atom stereocenters. The van der Waals surface area contributed by atoms with Crippen molar-refractivity contribution < 1.29 is 9.53 Å². The standard InChI is InChI=1S/C21H19ClN4O2/c1-28-19-8-6-16(22)12-18(19)23-21(27)17-7-9-20(25-24-17)26-11-10-14-4-2-3-5-15(14)13-26/h2-9,12H,10-11,13H2,1H3,(H,23,27). The van der Waals surface area contributed by atoms with E-state index in [9.17, 15) is 4.79 Å². The van der Waals surface area contributed by atoms with E-state index in [1.165, 1.54) is 18.2 Å². The highest BCUT2D eigenvalue weighted by atomic mass is 35.5. The van der Waals surface area contributed by atoms with E-state index < -0.39 is 0 Å². The topological polar surface area (TPSA) is 67.3 Å². The van der Waals surface area contributed by atoms with E-state index in [4.69, 9.17) is 16.3 Å². The summed E-state index contributed by atoms with van der Waals surface area (Å²) in [5.74, 6) is 0.907. The summed E-state index contributed by atoms with van der Waals surface area (Å²) < 4.78 is 5.25. The molecule has 1 aliphatic rings. The van der Waals surface area contributed by atoms with E-state index in [0.29, 0.717) is 16.5 Å². The summed E-state index contributed by atoms with van der Waals surface area (Å²) in [5, 5.41) is 11.6. The number of carbonyl (C=O) groups excluding carboxylic acids is 1. The average Bonchev–Trinajstić information content (AvgIpc) is 2.73. The quantitative estimate of drug-likeness (QED) is 0.725. The molecule has 28 heavy (non-hydrogen) atoms. The Labute approximate surface area is 168 Å². The fourth-order valence-corrected chi connectivity index (χ4v) is 3.44. The number of nitrogens with zero attached hydrogens (tertiary/aromatic N) is 3. The number of benzene rings is 2. The second-order valence-electron chi connectivity index (χ2n) is 6.52. The van der Waals surface area contributed by atoms with Crippen molar-refractivity contribution in [3.05, 3.63) is 76.4 Å². The number of amides is 1. The number of carbonyl (C=O) groups is 1. The van der Waals surface area contributed by atoms with Crippen molar-refractivity contribution in [2.24, 2.45) is 0 Å². The van der Waals surface area contributed by atoms with Crippen LogP contribution >= 0.6 is 11.6 Å². The maximum atomic E-state index is 12.5. The molecule has 4 rings (SSSR count). The highest BCUT2D eigenvalue weighted by Crippen LogP contribution is 2.28. The molecule has 0 aliphatic carbocycles. The summed E-state index contributed by atoms with van der Waals surface area (Å²) in [6.45, 7) is 1.66. The molecule has 1 N–H and O–H groups in total. The molecule has 6 nitrogen and oxygen atoms in total. The van der Waals surface area contributed by atoms with Crippen molar-refractivity contribution in [1.29, 1.82) is 0 Å². The summed E-state index contributed by atoms with van der Waals surface area (Å²) in [5.41, 5.74) is 3.38. The van der Waals surface area contributed by atoms with E-state index in [-0.39, 0.29) is 11.6 Å². The number of anilines is 2. The molecule has 1 aromatic heterocycles. The van der Waals surface area contributed by atoms with Crippen molar-refractivity contribution in [2.45, 2.75) is 13.0 Å². The van der Waals surface area contributed by atoms with Gasteiger partial charge in [-0.05, 0) is 47.9 Å². The van der Waals surface area contributed by atoms with Crippen LogP contribution in [0.2, 0.25) is 5.02 Å². The summed E-state index contributed by atoms with van der Waals surface area (Å²) in [6, 6.07) is 16.9. The van der Waals surface area contributed by atoms with Crippen molar-refractivity contribution >= 4 is 29.0 Å². The van der Waals surface area contributed by atoms with Crippen LogP contribution in [0.15, 0.2) is 54.6 Å². The molecular weight excluding hydrogens is 376 g/mol. The Morgan fingerprint density at radius 3 is 2.68 bits per heavy atom. The van der Waals surface area contributed by atoms with Crippen LogP contribution in [0.4, 0.5) is 11.5 Å². The average molecular weight is 395 g/mol. The number of halogens is 1. The molecule has 0 unspecified atom stereocenters. The maximum absolute atomic E-state index is 12.5. The Balaban J connectivity index is 1.48. The van der Waals surface area contributed by atoms with Gasteiger partial charge in [0.25, 0.3) is 5.91 Å². The van der Waals surface area contributed by atoms with Crippen molar-refractivity contribution in [3.63, 3.8) is 0 Å². The lowest BCUT2D eigenvalue weighted by atomic mass is 10.00. The van der Waals surface area contributed by atoms with Gasteiger partial charge in [-0.15, -0.1) is 10.2 Å². The number of nitrogens with one attached hydrogen (secondary N) is 1. The van der Waals surface area contributed by atoms with Gasteiger partial charge in [0.2, 0.25) is 0 Å². The van der Waals surface area contributed by atoms with Gasteiger partial charge in [-0.1, -0.05) is 35.9 Å². The fourth-order valence-electron chi connectivity index (χ4n) is 3.27. The minimum Gasteiger partial charge on any atom is -0.495 e. The lowest BCUT2D eigenvalue weighted by Crippen LogP contribution is -2.31. The van der Waals surface area contributed by atoms with E-state index in [0.717, 1.165) is 25.3 Å². The predicted octanol–water partition coefficient (Wildman–Crippen LogP) is 3.95. The van der Waals surface area contributed by atoms with E-state index in [1.54, 1.807) is 24.3 Å². The van der Waals surface area contributed by atoms with E-state index in [1.807, 2.05) is 12.1 Å². The molecule has 0 radical (unpaired) electrons. The minimum absolute atomic E-state index is 0.225. The first-order chi connectivity index (χ1) is 13.6. The second kappa shape index (κ2) is 7.86. The van der Waals surface area contributed by atoms with Gasteiger partial charge in [-0.25, -0.2) is 0 Å². The minimum atomic E-state index is -0.372. The Morgan fingerprint density at radius 2 is 1.93 bits per heavy atom. The van der Waals surface area contributed by atoms with Crippen LogP contribution in [-0.4, -0.2) is 29.8 Å². The Bertz CT molecular complexity index is 1010. The molecule has 2 aromatic carbocycles. The molecule has 3 aromatic rings. The zero-order chi connectivity index (χ0) is 19.5. The molecule has 1 amide bonds. The van der Waals surface area contributed by atoms with Gasteiger partial charge < -0.3 is 15.0 Å². The monoisotopic (exact) mass is 394 g/mol. The molecule has 0 saturated carbocycles. The van der Waals surface area contributed by atoms with Crippen molar-refractivity contribution in [1.82, 2.24) is 10.2 Å². The van der Waals surface area contributed by atoms with Gasteiger partial charge in [0.1, 0.15) is 5.75 Å². The van der Waals surface area contributed by atoms with Crippen LogP contribution in [0.5, 0.6) is 5.75 Å². The van der Waals surface area contributed by atoms with Crippen LogP contribution in [0.25, 0.3) is 0 Å². The van der Waals surface area contributed by atoms with Crippen molar-refractivity contribution in [3.8, 4) is 5.75 Å². The molecule has 2 heterocycles. The lowest BCUT2D eigenvalue weighted by molar-refractivity contribution is 0.102. The summed E-state index contributed by atoms with van der Waals surface area (Å²) >= 11 is 6.01. The van der Waals surface area contributed by atoms with Gasteiger partial charge >= 0.3 is 0 Å². The second-order valence-corrected chi connectivity index (χ2v) is 6.95. The summed E-state index contributed by atoms with van der Waals surface area (Å²) in [7, 11) is 1.53. The molecule has 0 bridgehead atoms. The molecule has 1 aliphatic heterocycles. The highest BCUT2D eigenvalue weighted by Gasteiger charge is 2.18. The van der Waals surface area contributed by atoms with Crippen LogP contribution in [0.3, 0.4) is 0 Å². The number of ether oxygens (including phenoxy) is 1. The smallest absolute Gasteiger partial charge is 0.276 e.